The number of ketones is 2. The molecule has 8 rings (SSSR count). The van der Waals surface area contributed by atoms with E-state index < -0.39 is 182 Å². The highest BCUT2D eigenvalue weighted by Crippen LogP contribution is 2.48. The molecular weight excluding hydrogens is 1060 g/mol. The summed E-state index contributed by atoms with van der Waals surface area (Å²) in [6.07, 6.45) is -25.6. The Kier molecular flexibility index (Phi) is 19.6. The van der Waals surface area contributed by atoms with Crippen molar-refractivity contribution in [3.63, 3.8) is 0 Å². The van der Waals surface area contributed by atoms with E-state index in [-0.39, 0.29) is 71.7 Å². The summed E-state index contributed by atoms with van der Waals surface area (Å²) in [4.78, 5) is 41.4. The van der Waals surface area contributed by atoms with Crippen LogP contribution in [-0.2, 0) is 72.9 Å². The lowest BCUT2D eigenvalue weighted by atomic mass is 9.75. The third-order valence-corrected chi connectivity index (χ3v) is 16.4. The zero-order valence-corrected chi connectivity index (χ0v) is 46.8. The van der Waals surface area contributed by atoms with Crippen molar-refractivity contribution in [1.82, 2.24) is 0 Å². The van der Waals surface area contributed by atoms with Crippen LogP contribution < -0.4 is 4.74 Å². The SMILES string of the molecule is COC(C(=O)C(O)C(C)O)C1Cc2cc3cc(OC4CC(OC(C)=O)C(OC5CC(O)C(OC)C(C)O5)C(C)O4)c(C)c(O)c3c(O)c2C(=O)C1OC1CC(OC2CC(OC3CC(C)(O)C(O)C(C)O3)C(O)C(C)O2)C(O)C(C)O1. The first-order valence-electron chi connectivity index (χ1n) is 27.3. The third kappa shape index (κ3) is 12.9. The van der Waals surface area contributed by atoms with Crippen LogP contribution in [0.15, 0.2) is 12.1 Å². The zero-order valence-electron chi connectivity index (χ0n) is 46.8. The van der Waals surface area contributed by atoms with Crippen LogP contribution in [0.5, 0.6) is 17.2 Å². The Morgan fingerprint density at radius 3 is 1.84 bits per heavy atom. The number of aliphatic hydroxyl groups is 7. The van der Waals surface area contributed by atoms with Gasteiger partial charge in [-0.3, -0.25) is 14.4 Å². The van der Waals surface area contributed by atoms with Gasteiger partial charge in [0.1, 0.15) is 72.2 Å². The quantitative estimate of drug-likeness (QED) is 0.0997. The molecule has 1 aliphatic carbocycles. The van der Waals surface area contributed by atoms with Gasteiger partial charge in [-0.25, -0.2) is 0 Å². The lowest BCUT2D eigenvalue weighted by Gasteiger charge is -2.46. The molecular formula is C55H80O25. The number of carbonyl (C=O) groups excluding carboxylic acids is 3. The molecule has 450 valence electrons. The van der Waals surface area contributed by atoms with Gasteiger partial charge in [0.2, 0.25) is 6.29 Å². The zero-order chi connectivity index (χ0) is 58.6. The van der Waals surface area contributed by atoms with Crippen molar-refractivity contribution in [3.8, 4) is 17.2 Å². The van der Waals surface area contributed by atoms with Gasteiger partial charge in [-0.15, -0.1) is 0 Å². The molecule has 25 unspecified atom stereocenters. The van der Waals surface area contributed by atoms with Crippen LogP contribution >= 0.6 is 0 Å². The normalized spacial score (nSPS) is 40.9. The van der Waals surface area contributed by atoms with E-state index in [2.05, 4.69) is 0 Å². The number of phenolic OH excluding ortho intramolecular Hbond substituents is 2. The maximum Gasteiger partial charge on any atom is 0.303 e. The maximum atomic E-state index is 15.1. The molecule has 0 amide bonds. The minimum Gasteiger partial charge on any atom is -0.507 e. The molecule has 5 saturated heterocycles. The van der Waals surface area contributed by atoms with E-state index in [9.17, 15) is 55.5 Å². The van der Waals surface area contributed by atoms with Gasteiger partial charge >= 0.3 is 5.97 Å². The fourth-order valence-corrected chi connectivity index (χ4v) is 12.0. The fourth-order valence-electron chi connectivity index (χ4n) is 12.0. The van der Waals surface area contributed by atoms with E-state index in [0.29, 0.717) is 0 Å². The summed E-state index contributed by atoms with van der Waals surface area (Å²) in [5.41, 5.74) is -1.49. The Morgan fingerprint density at radius 2 is 1.26 bits per heavy atom. The van der Waals surface area contributed by atoms with Gasteiger partial charge in [-0.2, -0.15) is 0 Å². The van der Waals surface area contributed by atoms with Crippen molar-refractivity contribution in [2.45, 2.75) is 248 Å². The number of Topliss-reactive ketones (excluding diaryl/α,β-unsaturated/α-hetero) is 2. The number of hydrogen-bond acceptors (Lipinski definition) is 25. The highest BCUT2D eigenvalue weighted by Gasteiger charge is 2.52. The van der Waals surface area contributed by atoms with Crippen LogP contribution in [0.3, 0.4) is 0 Å². The Balaban J connectivity index is 1.04. The summed E-state index contributed by atoms with van der Waals surface area (Å²) in [6, 6.07) is 3.04. The Hall–Kier alpha value is -3.81. The third-order valence-electron chi connectivity index (χ3n) is 16.4. The van der Waals surface area contributed by atoms with Gasteiger partial charge in [0.15, 0.2) is 36.7 Å². The molecule has 0 bridgehead atoms. The molecule has 25 nitrogen and oxygen atoms in total. The smallest absolute Gasteiger partial charge is 0.303 e. The number of fused-ring (bicyclic) bond motifs is 2. The number of aliphatic hydroxyl groups excluding tert-OH is 6. The number of ether oxygens (including phenoxy) is 13. The van der Waals surface area contributed by atoms with Crippen molar-refractivity contribution in [1.29, 1.82) is 0 Å². The first-order chi connectivity index (χ1) is 37.6. The Labute approximate surface area is 463 Å². The molecule has 0 spiro atoms. The lowest BCUT2D eigenvalue weighted by Crippen LogP contribution is -2.58. The maximum absolute atomic E-state index is 15.1. The molecule has 6 aliphatic rings. The number of methoxy groups -OCH3 is 2. The second kappa shape index (κ2) is 25.2. The van der Waals surface area contributed by atoms with Crippen molar-refractivity contribution < 1.29 is 122 Å². The van der Waals surface area contributed by atoms with Gasteiger partial charge in [0, 0.05) is 64.7 Å². The van der Waals surface area contributed by atoms with Gasteiger partial charge in [0.05, 0.1) is 71.5 Å². The molecule has 5 heterocycles. The minimum atomic E-state index is -1.95. The second-order valence-electron chi connectivity index (χ2n) is 22.5. The Bertz CT molecular complexity index is 2500. The summed E-state index contributed by atoms with van der Waals surface area (Å²) in [6.45, 7) is 13.6. The van der Waals surface area contributed by atoms with E-state index in [4.69, 9.17) is 61.6 Å². The van der Waals surface area contributed by atoms with Gasteiger partial charge in [-0.1, -0.05) is 0 Å². The van der Waals surface area contributed by atoms with Crippen LogP contribution in [-0.4, -0.2) is 225 Å². The Morgan fingerprint density at radius 1 is 0.713 bits per heavy atom. The van der Waals surface area contributed by atoms with E-state index >= 15 is 4.79 Å². The van der Waals surface area contributed by atoms with Crippen molar-refractivity contribution in [2.75, 3.05) is 14.2 Å². The number of carbonyl (C=O) groups is 3. The average molecular weight is 1140 g/mol. The molecule has 2 aromatic carbocycles. The predicted molar refractivity (Wildman–Crippen MR) is 273 cm³/mol. The highest BCUT2D eigenvalue weighted by atomic mass is 16.7. The van der Waals surface area contributed by atoms with Crippen LogP contribution in [0.4, 0.5) is 0 Å². The molecule has 0 saturated carbocycles. The molecule has 2 aromatic rings. The largest absolute Gasteiger partial charge is 0.507 e. The van der Waals surface area contributed by atoms with Crippen LogP contribution in [0.1, 0.15) is 109 Å². The number of hydrogen-bond donors (Lipinski definition) is 9. The summed E-state index contributed by atoms with van der Waals surface area (Å²) in [5.74, 6) is -4.70. The van der Waals surface area contributed by atoms with Crippen molar-refractivity contribution >= 4 is 28.3 Å². The summed E-state index contributed by atoms with van der Waals surface area (Å²) in [5, 5.41) is 99.7. The monoisotopic (exact) mass is 1140 g/mol. The van der Waals surface area contributed by atoms with E-state index in [1.807, 2.05) is 0 Å². The lowest BCUT2D eigenvalue weighted by molar-refractivity contribution is -0.334. The molecule has 9 N–H and O–H groups in total. The van der Waals surface area contributed by atoms with Gasteiger partial charge < -0.3 is 108 Å². The molecule has 5 aliphatic heterocycles. The van der Waals surface area contributed by atoms with Crippen LogP contribution in [0.25, 0.3) is 10.8 Å². The molecule has 5 fully saturated rings. The number of rotatable bonds is 17. The molecule has 0 aromatic heterocycles. The number of phenols is 2. The summed E-state index contributed by atoms with van der Waals surface area (Å²) < 4.78 is 78.5. The van der Waals surface area contributed by atoms with Gasteiger partial charge in [-0.05, 0) is 84.9 Å². The first kappa shape index (κ1) is 62.2. The number of aromatic hydroxyl groups is 2. The molecule has 0 radical (unpaired) electrons. The van der Waals surface area contributed by atoms with Crippen LogP contribution in [0.2, 0.25) is 0 Å². The highest BCUT2D eigenvalue weighted by molar-refractivity contribution is 6.11. The number of benzene rings is 2. The van der Waals surface area contributed by atoms with Crippen molar-refractivity contribution in [3.05, 3.63) is 28.8 Å². The average Bonchev–Trinajstić information content (AvgIpc) is 3.36. The first-order valence-corrected chi connectivity index (χ1v) is 27.3. The number of esters is 1. The summed E-state index contributed by atoms with van der Waals surface area (Å²) >= 11 is 0. The van der Waals surface area contributed by atoms with Crippen molar-refractivity contribution in [2.24, 2.45) is 5.92 Å². The van der Waals surface area contributed by atoms with E-state index in [1.165, 1.54) is 61.0 Å². The fraction of sp³-hybridized carbons (Fsp3) is 0.764. The topological polar surface area (TPSA) is 353 Å². The van der Waals surface area contributed by atoms with E-state index in [1.54, 1.807) is 27.7 Å². The summed E-state index contributed by atoms with van der Waals surface area (Å²) in [7, 11) is 2.65. The van der Waals surface area contributed by atoms with Crippen LogP contribution in [0, 0.1) is 12.8 Å². The second-order valence-corrected chi connectivity index (χ2v) is 22.5. The van der Waals surface area contributed by atoms with E-state index in [0.717, 1.165) is 0 Å². The molecule has 80 heavy (non-hydrogen) atoms. The minimum absolute atomic E-state index is 0.0486. The molecule has 25 heteroatoms. The standard InChI is InChI=1S/C55H80O25/c1-20-32(76-38-18-35(75-27(8)57)51(25(6)73-38)79-36-15-31(58)50(68-10)24(5)72-36)14-29-12-28-13-30(52(69-11)49(65)44(60)21(2)56)53(48(64)42(28)47(63)41(29)43(20)59)80-39-17-33(45(61)23(4)71-39)77-37-16-34(46(62)22(3)70-37)78-40-19-55(9,67)54(66)26(7)74-40/h12,14,21-26,30-31,33-40,44-46,50-54,56,58-63,66-67H,13,15-19H2,1-11H3. The predicted octanol–water partition coefficient (Wildman–Crippen LogP) is 0.976. The van der Waals surface area contributed by atoms with Gasteiger partial charge in [0.25, 0.3) is 0 Å². The molecule has 25 atom stereocenters.